The number of nitrogens with zero attached hydrogens (tertiary/aromatic N) is 2. The topological polar surface area (TPSA) is 84.0 Å². The molecule has 1 atom stereocenters. The summed E-state index contributed by atoms with van der Waals surface area (Å²) in [7, 11) is 0. The Morgan fingerprint density at radius 3 is 2.88 bits per heavy atom. The van der Waals surface area contributed by atoms with Crippen molar-refractivity contribution >= 4 is 22.1 Å². The first-order chi connectivity index (χ1) is 7.60. The van der Waals surface area contributed by atoms with Crippen molar-refractivity contribution < 1.29 is 9.72 Å². The standard InChI is InChI=1S/C10H10N2O3S/c1-2-7(3-4-11)10(13)8-5-9(12(14)15)16-6-8/h5-7H,2-3H2,1H3. The number of nitro groups is 1. The molecule has 0 amide bonds. The molecular formula is C10H10N2O3S. The number of carbonyl (C=O) groups is 1. The predicted octanol–water partition coefficient (Wildman–Crippen LogP) is 2.78. The summed E-state index contributed by atoms with van der Waals surface area (Å²) in [5.41, 5.74) is 0.332. The number of Topliss-reactive ketones (excluding diaryl/α,β-unsaturated/α-hetero) is 1. The van der Waals surface area contributed by atoms with E-state index in [1.54, 1.807) is 0 Å². The van der Waals surface area contributed by atoms with Crippen molar-refractivity contribution in [3.8, 4) is 6.07 Å². The number of hydrogen-bond acceptors (Lipinski definition) is 5. The summed E-state index contributed by atoms with van der Waals surface area (Å²) in [4.78, 5) is 21.8. The molecule has 0 aliphatic rings. The van der Waals surface area contributed by atoms with Crippen molar-refractivity contribution in [2.45, 2.75) is 19.8 Å². The average molecular weight is 238 g/mol. The molecular weight excluding hydrogens is 228 g/mol. The van der Waals surface area contributed by atoms with Crippen LogP contribution < -0.4 is 0 Å². The molecule has 0 spiro atoms. The summed E-state index contributed by atoms with van der Waals surface area (Å²) in [5.74, 6) is -0.549. The Morgan fingerprint density at radius 2 is 2.44 bits per heavy atom. The Hall–Kier alpha value is -1.74. The molecule has 0 aliphatic carbocycles. The Morgan fingerprint density at radius 1 is 1.75 bits per heavy atom. The number of rotatable bonds is 5. The van der Waals surface area contributed by atoms with Crippen LogP contribution in [0.15, 0.2) is 11.4 Å². The van der Waals surface area contributed by atoms with Crippen LogP contribution in [0.2, 0.25) is 0 Å². The van der Waals surface area contributed by atoms with E-state index in [-0.39, 0.29) is 23.1 Å². The molecule has 1 rings (SSSR count). The largest absolute Gasteiger partial charge is 0.324 e. The van der Waals surface area contributed by atoms with Crippen LogP contribution in [0.5, 0.6) is 0 Å². The smallest absolute Gasteiger partial charge is 0.294 e. The zero-order valence-corrected chi connectivity index (χ0v) is 9.49. The molecule has 84 valence electrons. The maximum absolute atomic E-state index is 11.8. The van der Waals surface area contributed by atoms with Crippen LogP contribution in [0.3, 0.4) is 0 Å². The van der Waals surface area contributed by atoms with Crippen molar-refractivity contribution in [2.24, 2.45) is 5.92 Å². The molecule has 1 aromatic rings. The van der Waals surface area contributed by atoms with Crippen molar-refractivity contribution in [1.29, 1.82) is 5.26 Å². The average Bonchev–Trinajstić information content (AvgIpc) is 2.74. The van der Waals surface area contributed by atoms with E-state index in [4.69, 9.17) is 5.26 Å². The van der Waals surface area contributed by atoms with E-state index in [2.05, 4.69) is 0 Å². The van der Waals surface area contributed by atoms with Gasteiger partial charge in [-0.15, -0.1) is 0 Å². The number of nitriles is 1. The van der Waals surface area contributed by atoms with Gasteiger partial charge < -0.3 is 0 Å². The summed E-state index contributed by atoms with van der Waals surface area (Å²) in [6.07, 6.45) is 0.717. The summed E-state index contributed by atoms with van der Waals surface area (Å²) in [5, 5.41) is 20.4. The van der Waals surface area contributed by atoms with E-state index >= 15 is 0 Å². The second-order valence-corrected chi connectivity index (χ2v) is 4.15. The van der Waals surface area contributed by atoms with Gasteiger partial charge in [0.25, 0.3) is 0 Å². The third kappa shape index (κ3) is 2.64. The Labute approximate surface area is 96.5 Å². The van der Waals surface area contributed by atoms with Crippen LogP contribution in [0.4, 0.5) is 5.00 Å². The molecule has 16 heavy (non-hydrogen) atoms. The Kier molecular flexibility index (Phi) is 4.14. The normalized spacial score (nSPS) is 11.8. The van der Waals surface area contributed by atoms with Gasteiger partial charge in [-0.25, -0.2) is 0 Å². The highest BCUT2D eigenvalue weighted by Gasteiger charge is 2.21. The number of ketones is 1. The molecule has 0 aliphatic heterocycles. The third-order valence-electron chi connectivity index (χ3n) is 2.25. The van der Waals surface area contributed by atoms with Gasteiger partial charge in [-0.3, -0.25) is 14.9 Å². The minimum Gasteiger partial charge on any atom is -0.294 e. The van der Waals surface area contributed by atoms with Crippen LogP contribution in [0.25, 0.3) is 0 Å². The fourth-order valence-corrected chi connectivity index (χ4v) is 2.03. The lowest BCUT2D eigenvalue weighted by Gasteiger charge is -2.06. The van der Waals surface area contributed by atoms with E-state index in [1.165, 1.54) is 11.4 Å². The summed E-state index contributed by atoms with van der Waals surface area (Å²) in [6, 6.07) is 3.22. The highest BCUT2D eigenvalue weighted by molar-refractivity contribution is 7.13. The molecule has 5 nitrogen and oxygen atoms in total. The maximum Gasteiger partial charge on any atom is 0.324 e. The zero-order chi connectivity index (χ0) is 12.1. The van der Waals surface area contributed by atoms with E-state index in [0.717, 1.165) is 11.3 Å². The van der Waals surface area contributed by atoms with Gasteiger partial charge in [-0.2, -0.15) is 5.26 Å². The molecule has 1 unspecified atom stereocenters. The highest BCUT2D eigenvalue weighted by atomic mass is 32.1. The van der Waals surface area contributed by atoms with Crippen molar-refractivity contribution in [3.63, 3.8) is 0 Å². The van der Waals surface area contributed by atoms with E-state index in [9.17, 15) is 14.9 Å². The first-order valence-corrected chi connectivity index (χ1v) is 5.62. The van der Waals surface area contributed by atoms with Gasteiger partial charge in [-0.1, -0.05) is 18.3 Å². The Balaban J connectivity index is 2.87. The first kappa shape index (κ1) is 12.3. The van der Waals surface area contributed by atoms with Crippen LogP contribution in [-0.2, 0) is 0 Å². The summed E-state index contributed by atoms with van der Waals surface area (Å²) in [6.45, 7) is 1.82. The number of hydrogen-bond donors (Lipinski definition) is 0. The molecule has 0 saturated heterocycles. The fourth-order valence-electron chi connectivity index (χ4n) is 1.32. The molecule has 0 aromatic carbocycles. The van der Waals surface area contributed by atoms with Crippen molar-refractivity contribution in [3.05, 3.63) is 27.1 Å². The lowest BCUT2D eigenvalue weighted by atomic mass is 9.94. The van der Waals surface area contributed by atoms with Crippen LogP contribution in [0.1, 0.15) is 30.1 Å². The molecule has 1 heterocycles. The monoisotopic (exact) mass is 238 g/mol. The second kappa shape index (κ2) is 5.37. The predicted molar refractivity (Wildman–Crippen MR) is 59.3 cm³/mol. The van der Waals surface area contributed by atoms with Gasteiger partial charge in [-0.05, 0) is 6.42 Å². The van der Waals surface area contributed by atoms with Gasteiger partial charge >= 0.3 is 5.00 Å². The Bertz CT molecular complexity index is 447. The molecule has 0 saturated carbocycles. The molecule has 0 fully saturated rings. The lowest BCUT2D eigenvalue weighted by Crippen LogP contribution is -2.12. The quantitative estimate of drug-likeness (QED) is 0.448. The van der Waals surface area contributed by atoms with Gasteiger partial charge in [0.2, 0.25) is 0 Å². The molecule has 0 bridgehead atoms. The van der Waals surface area contributed by atoms with Gasteiger partial charge in [0.05, 0.1) is 11.0 Å². The fraction of sp³-hybridized carbons (Fsp3) is 0.400. The maximum atomic E-state index is 11.8. The van der Waals surface area contributed by atoms with Gasteiger partial charge in [0.1, 0.15) is 0 Å². The summed E-state index contributed by atoms with van der Waals surface area (Å²) < 4.78 is 0. The summed E-state index contributed by atoms with van der Waals surface area (Å²) >= 11 is 0.929. The first-order valence-electron chi connectivity index (χ1n) is 4.74. The highest BCUT2D eigenvalue weighted by Crippen LogP contribution is 2.25. The minimum atomic E-state index is -0.521. The minimum absolute atomic E-state index is 0.0461. The molecule has 0 radical (unpaired) electrons. The van der Waals surface area contributed by atoms with E-state index < -0.39 is 4.92 Å². The zero-order valence-electron chi connectivity index (χ0n) is 8.67. The SMILES string of the molecule is CCC(CC#N)C(=O)c1csc([N+](=O)[O-])c1. The van der Waals surface area contributed by atoms with E-state index in [0.29, 0.717) is 12.0 Å². The third-order valence-corrected chi connectivity index (χ3v) is 3.13. The van der Waals surface area contributed by atoms with Gasteiger partial charge in [0, 0.05) is 29.3 Å². The number of thiophene rings is 1. The second-order valence-electron chi connectivity index (χ2n) is 3.26. The van der Waals surface area contributed by atoms with Crippen molar-refractivity contribution in [2.75, 3.05) is 0 Å². The molecule has 1 aromatic heterocycles. The van der Waals surface area contributed by atoms with Crippen molar-refractivity contribution in [1.82, 2.24) is 0 Å². The number of carbonyl (C=O) groups excluding carboxylic acids is 1. The van der Waals surface area contributed by atoms with Crippen LogP contribution in [0, 0.1) is 27.4 Å². The van der Waals surface area contributed by atoms with Gasteiger partial charge in [0.15, 0.2) is 5.78 Å². The van der Waals surface area contributed by atoms with Crippen LogP contribution >= 0.6 is 11.3 Å². The van der Waals surface area contributed by atoms with E-state index in [1.807, 2.05) is 13.0 Å². The molecule has 6 heteroatoms. The lowest BCUT2D eigenvalue weighted by molar-refractivity contribution is -0.380. The van der Waals surface area contributed by atoms with Crippen LogP contribution in [-0.4, -0.2) is 10.7 Å². The molecule has 0 N–H and O–H groups in total.